The molecule has 3 aliphatic heterocycles. The summed E-state index contributed by atoms with van der Waals surface area (Å²) in [6, 6.07) is 5.47. The molecule has 3 amide bonds. The molecule has 222 valence electrons. The predicted octanol–water partition coefficient (Wildman–Crippen LogP) is 2.68. The molecule has 3 aliphatic rings. The van der Waals surface area contributed by atoms with E-state index in [0.29, 0.717) is 47.2 Å². The molecule has 1 aromatic carbocycles. The highest BCUT2D eigenvalue weighted by atomic mass is 35.5. The standard InChI is InChI=1S/C30H35ClN6O5/c1-18-5-6-24(10-25(18)31)37(29(41)21-9-26(38)35(13-21)16-27(39)40)8-4-7-34-11-22-14-36(15-23(22)12-34)30(42)28-19(2)32-17-33-20(28)3/h5-6,10,14,17,21,23H,4,7-9,11-13,15-16H2,1-3H3,(H,39,40). The Labute approximate surface area is 249 Å². The Bertz CT molecular complexity index is 1440. The summed E-state index contributed by atoms with van der Waals surface area (Å²) >= 11 is 6.39. The van der Waals surface area contributed by atoms with Gasteiger partial charge in [0.2, 0.25) is 11.8 Å². The van der Waals surface area contributed by atoms with Crippen LogP contribution in [0.15, 0.2) is 36.3 Å². The van der Waals surface area contributed by atoms with Crippen LogP contribution in [0.4, 0.5) is 5.69 Å². The van der Waals surface area contributed by atoms with E-state index >= 15 is 0 Å². The molecule has 0 radical (unpaired) electrons. The molecule has 2 atom stereocenters. The monoisotopic (exact) mass is 594 g/mol. The number of nitrogens with zero attached hydrogens (tertiary/aromatic N) is 6. The highest BCUT2D eigenvalue weighted by Crippen LogP contribution is 2.32. The molecule has 0 saturated carbocycles. The van der Waals surface area contributed by atoms with Crippen molar-refractivity contribution >= 4 is 41.0 Å². The van der Waals surface area contributed by atoms with Crippen LogP contribution in [0.25, 0.3) is 0 Å². The lowest BCUT2D eigenvalue weighted by molar-refractivity contribution is -0.142. The van der Waals surface area contributed by atoms with Crippen LogP contribution < -0.4 is 4.90 Å². The summed E-state index contributed by atoms with van der Waals surface area (Å²) in [4.78, 5) is 65.7. The van der Waals surface area contributed by atoms with Crippen molar-refractivity contribution in [1.29, 1.82) is 0 Å². The molecule has 1 aromatic heterocycles. The van der Waals surface area contributed by atoms with Crippen molar-refractivity contribution in [3.05, 3.63) is 63.8 Å². The number of hydrogen-bond acceptors (Lipinski definition) is 7. The molecule has 42 heavy (non-hydrogen) atoms. The van der Waals surface area contributed by atoms with Crippen molar-refractivity contribution in [3.63, 3.8) is 0 Å². The quantitative estimate of drug-likeness (QED) is 0.469. The zero-order valence-corrected chi connectivity index (χ0v) is 24.8. The summed E-state index contributed by atoms with van der Waals surface area (Å²) in [6.45, 7) is 8.59. The van der Waals surface area contributed by atoms with Gasteiger partial charge in [0.25, 0.3) is 5.91 Å². The number of carboxylic acids is 1. The fourth-order valence-electron chi connectivity index (χ4n) is 6.09. The average Bonchev–Trinajstić information content (AvgIpc) is 3.61. The van der Waals surface area contributed by atoms with Gasteiger partial charge in [-0.05, 0) is 50.5 Å². The fourth-order valence-corrected chi connectivity index (χ4v) is 6.27. The number of aliphatic carboxylic acids is 1. The van der Waals surface area contributed by atoms with Crippen molar-refractivity contribution in [1.82, 2.24) is 24.7 Å². The van der Waals surface area contributed by atoms with Crippen molar-refractivity contribution in [2.45, 2.75) is 33.6 Å². The van der Waals surface area contributed by atoms with Crippen LogP contribution in [-0.4, -0.2) is 99.3 Å². The Kier molecular flexibility index (Phi) is 8.60. The summed E-state index contributed by atoms with van der Waals surface area (Å²) in [5, 5.41) is 9.67. The van der Waals surface area contributed by atoms with Crippen LogP contribution in [0.1, 0.15) is 40.2 Å². The van der Waals surface area contributed by atoms with Gasteiger partial charge in [0.1, 0.15) is 12.9 Å². The highest BCUT2D eigenvalue weighted by Gasteiger charge is 2.39. The molecule has 11 nitrogen and oxygen atoms in total. The summed E-state index contributed by atoms with van der Waals surface area (Å²) < 4.78 is 0. The molecule has 4 heterocycles. The van der Waals surface area contributed by atoms with Crippen LogP contribution in [-0.2, 0) is 14.4 Å². The van der Waals surface area contributed by atoms with Crippen LogP contribution in [0.5, 0.6) is 0 Å². The smallest absolute Gasteiger partial charge is 0.323 e. The first-order chi connectivity index (χ1) is 20.0. The number of amides is 3. The second kappa shape index (κ2) is 12.2. The molecule has 0 aliphatic carbocycles. The predicted molar refractivity (Wildman–Crippen MR) is 156 cm³/mol. The number of halogens is 1. The Hall–Kier alpha value is -3.83. The van der Waals surface area contributed by atoms with Crippen LogP contribution >= 0.6 is 11.6 Å². The lowest BCUT2D eigenvalue weighted by Crippen LogP contribution is -2.40. The molecule has 2 unspecified atom stereocenters. The number of carbonyl (C=O) groups excluding carboxylic acids is 3. The Morgan fingerprint density at radius 3 is 2.50 bits per heavy atom. The van der Waals surface area contributed by atoms with Gasteiger partial charge in [-0.25, -0.2) is 9.97 Å². The van der Waals surface area contributed by atoms with E-state index in [9.17, 15) is 19.2 Å². The molecular formula is C30H35ClN6O5. The van der Waals surface area contributed by atoms with Crippen molar-refractivity contribution in [3.8, 4) is 0 Å². The van der Waals surface area contributed by atoms with Crippen LogP contribution in [0, 0.1) is 32.6 Å². The number of anilines is 1. The number of rotatable bonds is 9. The van der Waals surface area contributed by atoms with E-state index in [2.05, 4.69) is 14.9 Å². The summed E-state index contributed by atoms with van der Waals surface area (Å²) in [5.41, 5.74) is 4.68. The topological polar surface area (TPSA) is 127 Å². The number of benzene rings is 1. The number of hydrogen-bond donors (Lipinski definition) is 1. The zero-order chi connectivity index (χ0) is 30.1. The maximum Gasteiger partial charge on any atom is 0.323 e. The molecule has 2 saturated heterocycles. The molecular weight excluding hydrogens is 560 g/mol. The van der Waals surface area contributed by atoms with Gasteiger partial charge in [-0.15, -0.1) is 0 Å². The normalized spacial score (nSPS) is 20.2. The van der Waals surface area contributed by atoms with Gasteiger partial charge in [0, 0.05) is 68.5 Å². The summed E-state index contributed by atoms with van der Waals surface area (Å²) in [6.07, 6.45) is 4.12. The van der Waals surface area contributed by atoms with E-state index in [0.717, 1.165) is 25.2 Å². The number of aryl methyl sites for hydroxylation is 3. The van der Waals surface area contributed by atoms with Gasteiger partial charge < -0.3 is 19.8 Å². The van der Waals surface area contributed by atoms with Crippen molar-refractivity contribution in [2.24, 2.45) is 11.8 Å². The highest BCUT2D eigenvalue weighted by molar-refractivity contribution is 6.31. The molecule has 12 heteroatoms. The second-order valence-corrected chi connectivity index (χ2v) is 11.8. The molecule has 0 spiro atoms. The number of aromatic nitrogens is 2. The van der Waals surface area contributed by atoms with E-state index < -0.39 is 18.4 Å². The number of likely N-dealkylation sites (tertiary alicyclic amines) is 2. The van der Waals surface area contributed by atoms with Crippen LogP contribution in [0.3, 0.4) is 0 Å². The SMILES string of the molecule is Cc1ccc(N(CCCN2CC3=CN(C(=O)c4c(C)ncnc4C)CC3C2)C(=O)C2CC(=O)N(CC(=O)O)C2)cc1Cl. The van der Waals surface area contributed by atoms with Gasteiger partial charge in [-0.3, -0.25) is 24.1 Å². The van der Waals surface area contributed by atoms with E-state index in [1.807, 2.05) is 39.1 Å². The van der Waals surface area contributed by atoms with Crippen molar-refractivity contribution < 1.29 is 24.3 Å². The average molecular weight is 595 g/mol. The van der Waals surface area contributed by atoms with E-state index in [4.69, 9.17) is 16.7 Å². The van der Waals surface area contributed by atoms with Gasteiger partial charge in [0.05, 0.1) is 22.9 Å². The molecule has 2 fully saturated rings. The maximum atomic E-state index is 13.7. The minimum atomic E-state index is -1.10. The van der Waals surface area contributed by atoms with Crippen molar-refractivity contribution in [2.75, 3.05) is 50.7 Å². The van der Waals surface area contributed by atoms with Gasteiger partial charge in [-0.2, -0.15) is 0 Å². The van der Waals surface area contributed by atoms with Gasteiger partial charge >= 0.3 is 5.97 Å². The lowest BCUT2D eigenvalue weighted by atomic mass is 10.1. The Morgan fingerprint density at radius 2 is 1.83 bits per heavy atom. The molecule has 5 rings (SSSR count). The lowest BCUT2D eigenvalue weighted by Gasteiger charge is -2.27. The Morgan fingerprint density at radius 1 is 1.10 bits per heavy atom. The minimum Gasteiger partial charge on any atom is -0.480 e. The number of carbonyl (C=O) groups is 4. The van der Waals surface area contributed by atoms with E-state index in [1.54, 1.807) is 15.9 Å². The van der Waals surface area contributed by atoms with Gasteiger partial charge in [-0.1, -0.05) is 17.7 Å². The second-order valence-electron chi connectivity index (χ2n) is 11.4. The minimum absolute atomic E-state index is 0.00641. The first kappa shape index (κ1) is 29.7. The third kappa shape index (κ3) is 6.17. The molecule has 1 N–H and O–H groups in total. The molecule has 0 bridgehead atoms. The maximum absolute atomic E-state index is 13.7. The number of fused-ring (bicyclic) bond motifs is 1. The fraction of sp³-hybridized carbons (Fsp3) is 0.467. The Balaban J connectivity index is 1.22. The van der Waals surface area contributed by atoms with Gasteiger partial charge in [0.15, 0.2) is 0 Å². The summed E-state index contributed by atoms with van der Waals surface area (Å²) in [7, 11) is 0. The third-order valence-electron chi connectivity index (χ3n) is 8.33. The van der Waals surface area contributed by atoms with Crippen LogP contribution in [0.2, 0.25) is 5.02 Å². The number of carboxylic acid groups (broad SMARTS) is 1. The zero-order valence-electron chi connectivity index (χ0n) is 24.0. The largest absolute Gasteiger partial charge is 0.480 e. The van der Waals surface area contributed by atoms with E-state index in [-0.39, 0.29) is 36.6 Å². The van der Waals surface area contributed by atoms with E-state index in [1.165, 1.54) is 16.8 Å². The first-order valence-electron chi connectivity index (χ1n) is 14.1. The first-order valence-corrected chi connectivity index (χ1v) is 14.5. The summed E-state index contributed by atoms with van der Waals surface area (Å²) in [5.74, 6) is -2.06. The molecule has 2 aromatic rings. The third-order valence-corrected chi connectivity index (χ3v) is 8.74.